The van der Waals surface area contributed by atoms with Crippen molar-refractivity contribution in [2.45, 2.75) is 23.3 Å². The van der Waals surface area contributed by atoms with Gasteiger partial charge in [-0.05, 0) is 25.4 Å². The van der Waals surface area contributed by atoms with Crippen LogP contribution in [0.15, 0.2) is 12.7 Å². The summed E-state index contributed by atoms with van der Waals surface area (Å²) in [5.41, 5.74) is 0. The molecule has 0 aromatic carbocycles. The van der Waals surface area contributed by atoms with E-state index < -0.39 is 8.25 Å². The van der Waals surface area contributed by atoms with Gasteiger partial charge in [-0.1, -0.05) is 0 Å². The Labute approximate surface area is 149 Å². The largest absolute Gasteiger partial charge is 0.697 e. The number of H-pyrrole nitrogens is 2. The fraction of sp³-hybridized carbons (Fsp3) is 0.667. The maximum Gasteiger partial charge on any atom is 0.697 e. The van der Waals surface area contributed by atoms with Gasteiger partial charge in [-0.25, -0.2) is 9.97 Å². The summed E-state index contributed by atoms with van der Waals surface area (Å²) < 4.78 is 22.3. The maximum absolute atomic E-state index is 11.8. The topological polar surface area (TPSA) is 119 Å². The van der Waals surface area contributed by atoms with Crippen LogP contribution in [-0.2, 0) is 13.6 Å². The second-order valence-corrected chi connectivity index (χ2v) is 7.70. The number of nitrogens with one attached hydrogen (secondary N) is 2. The number of hydrogen-bond donors (Lipinski definition) is 2. The Balaban J connectivity index is 1.63. The van der Waals surface area contributed by atoms with Gasteiger partial charge in [-0.15, -0.1) is 9.05 Å². The van der Waals surface area contributed by atoms with Gasteiger partial charge in [0.15, 0.2) is 0 Å². The summed E-state index contributed by atoms with van der Waals surface area (Å²) in [6.45, 7) is 0.658. The van der Waals surface area contributed by atoms with Crippen molar-refractivity contribution in [1.29, 1.82) is 0 Å². The zero-order valence-corrected chi connectivity index (χ0v) is 15.9. The number of rotatable bonds is 12. The van der Waals surface area contributed by atoms with Crippen LogP contribution in [0.25, 0.3) is 0 Å². The molecule has 12 heteroatoms. The van der Waals surface area contributed by atoms with Gasteiger partial charge in [0.2, 0.25) is 0 Å². The Kier molecular flexibility index (Phi) is 8.68. The summed E-state index contributed by atoms with van der Waals surface area (Å²) in [6.07, 6.45) is 8.25. The van der Waals surface area contributed by atoms with E-state index in [0.717, 1.165) is 11.6 Å². The quantitative estimate of drug-likeness (QED) is 0.526. The normalized spacial score (nSPS) is 14.5. The average Bonchev–Trinajstić information content (AvgIpc) is 3.29. The van der Waals surface area contributed by atoms with Gasteiger partial charge in [0.1, 0.15) is 37.5 Å². The number of thioether (sulfide) groups is 2. The van der Waals surface area contributed by atoms with Crippen molar-refractivity contribution in [3.05, 3.63) is 24.3 Å². The second-order valence-electron chi connectivity index (χ2n) is 4.66. The van der Waals surface area contributed by atoms with Crippen LogP contribution in [0.1, 0.15) is 35.0 Å². The molecule has 2 atom stereocenters. The lowest BCUT2D eigenvalue weighted by molar-refractivity contribution is 0.220. The van der Waals surface area contributed by atoms with Crippen LogP contribution in [0.5, 0.6) is 0 Å². The van der Waals surface area contributed by atoms with Crippen LogP contribution in [0.3, 0.4) is 0 Å². The molecule has 2 heterocycles. The molecule has 2 N–H and O–H groups in total. The highest BCUT2D eigenvalue weighted by Gasteiger charge is 2.24. The highest BCUT2D eigenvalue weighted by Crippen LogP contribution is 2.32. The predicted octanol–water partition coefficient (Wildman–Crippen LogP) is 2.90. The van der Waals surface area contributed by atoms with Gasteiger partial charge in [-0.2, -0.15) is 33.7 Å². The standard InChI is InChI=1S/C12H20N6O3PS2/c1-23-9(11-13-7-15-17-11)3-5-20-22(19)21-6-4-10(24-2)12-14-8-16-18-12/h7-10H,3-6H2,1-2H3,(H,13,15,17)(H,14,16,18)/q+1. The first kappa shape index (κ1) is 19.3. The van der Waals surface area contributed by atoms with E-state index in [1.807, 2.05) is 12.5 Å². The summed E-state index contributed by atoms with van der Waals surface area (Å²) in [7, 11) is -2.13. The molecule has 2 aromatic heterocycles. The summed E-state index contributed by atoms with van der Waals surface area (Å²) in [6, 6.07) is 0. The highest BCUT2D eigenvalue weighted by molar-refractivity contribution is 7.99. The minimum absolute atomic E-state index is 0.128. The van der Waals surface area contributed by atoms with Gasteiger partial charge in [-0.3, -0.25) is 10.2 Å². The summed E-state index contributed by atoms with van der Waals surface area (Å²) in [5.74, 6) is 1.58. The highest BCUT2D eigenvalue weighted by atomic mass is 32.2. The van der Waals surface area contributed by atoms with E-state index in [2.05, 4.69) is 30.4 Å². The van der Waals surface area contributed by atoms with Crippen LogP contribution >= 0.6 is 31.8 Å². The molecule has 0 aliphatic heterocycles. The lowest BCUT2D eigenvalue weighted by Crippen LogP contribution is -2.02. The van der Waals surface area contributed by atoms with E-state index in [0.29, 0.717) is 26.1 Å². The predicted molar refractivity (Wildman–Crippen MR) is 94.0 cm³/mol. The molecule has 2 rings (SSSR count). The van der Waals surface area contributed by atoms with E-state index in [9.17, 15) is 4.57 Å². The van der Waals surface area contributed by atoms with E-state index in [-0.39, 0.29) is 10.5 Å². The Morgan fingerprint density at radius 1 is 1.00 bits per heavy atom. The smallest absolute Gasteiger partial charge is 0.262 e. The van der Waals surface area contributed by atoms with Crippen LogP contribution < -0.4 is 0 Å². The van der Waals surface area contributed by atoms with E-state index in [1.54, 1.807) is 23.5 Å². The number of aromatic amines is 2. The van der Waals surface area contributed by atoms with Gasteiger partial charge >= 0.3 is 8.25 Å². The van der Waals surface area contributed by atoms with Gasteiger partial charge in [0, 0.05) is 4.57 Å². The molecule has 0 amide bonds. The fourth-order valence-corrected chi connectivity index (χ4v) is 3.90. The van der Waals surface area contributed by atoms with Crippen molar-refractivity contribution in [3.63, 3.8) is 0 Å². The second kappa shape index (κ2) is 10.8. The monoisotopic (exact) mass is 391 g/mol. The number of nitrogens with zero attached hydrogens (tertiary/aromatic N) is 4. The van der Waals surface area contributed by atoms with Crippen molar-refractivity contribution in [1.82, 2.24) is 30.4 Å². The van der Waals surface area contributed by atoms with Crippen LogP contribution in [-0.4, -0.2) is 56.1 Å². The first-order valence-electron chi connectivity index (χ1n) is 7.23. The molecule has 132 valence electrons. The molecule has 2 unspecified atom stereocenters. The van der Waals surface area contributed by atoms with Gasteiger partial charge in [0.05, 0.1) is 10.5 Å². The lowest BCUT2D eigenvalue weighted by Gasteiger charge is -2.09. The number of aromatic nitrogens is 6. The molecule has 2 aromatic rings. The Morgan fingerprint density at radius 3 is 1.79 bits per heavy atom. The zero-order valence-electron chi connectivity index (χ0n) is 13.4. The molecule has 0 spiro atoms. The first-order valence-corrected chi connectivity index (χ1v) is 10.9. The minimum atomic E-state index is -2.13. The van der Waals surface area contributed by atoms with Crippen molar-refractivity contribution in [3.8, 4) is 0 Å². The lowest BCUT2D eigenvalue weighted by atomic mass is 10.3. The summed E-state index contributed by atoms with van der Waals surface area (Å²) in [5, 5.41) is 13.6. The molecular formula is C12H20N6O3PS2+. The average molecular weight is 391 g/mol. The third-order valence-corrected chi connectivity index (χ3v) is 6.04. The molecule has 0 saturated heterocycles. The van der Waals surface area contributed by atoms with Crippen molar-refractivity contribution in [2.24, 2.45) is 0 Å². The molecule has 0 saturated carbocycles. The van der Waals surface area contributed by atoms with Crippen LogP contribution in [0, 0.1) is 0 Å². The fourth-order valence-electron chi connectivity index (χ4n) is 1.98. The van der Waals surface area contributed by atoms with Gasteiger partial charge < -0.3 is 0 Å². The third-order valence-electron chi connectivity index (χ3n) is 3.20. The molecule has 0 aliphatic carbocycles. The van der Waals surface area contributed by atoms with Crippen molar-refractivity contribution >= 4 is 31.8 Å². The Morgan fingerprint density at radius 2 is 1.46 bits per heavy atom. The molecule has 0 bridgehead atoms. The molecular weight excluding hydrogens is 371 g/mol. The molecule has 24 heavy (non-hydrogen) atoms. The first-order chi connectivity index (χ1) is 11.7. The van der Waals surface area contributed by atoms with E-state index in [1.165, 1.54) is 12.7 Å². The summed E-state index contributed by atoms with van der Waals surface area (Å²) >= 11 is 3.27. The molecule has 0 aliphatic rings. The van der Waals surface area contributed by atoms with Crippen molar-refractivity contribution in [2.75, 3.05) is 25.7 Å². The van der Waals surface area contributed by atoms with Crippen molar-refractivity contribution < 1.29 is 13.6 Å². The van der Waals surface area contributed by atoms with Crippen LogP contribution in [0.4, 0.5) is 0 Å². The zero-order chi connectivity index (χ0) is 17.2. The van der Waals surface area contributed by atoms with E-state index in [4.69, 9.17) is 9.05 Å². The Hall–Kier alpha value is -1.00. The SMILES string of the molecule is CSC(CCO[P+](=O)OCCC(SC)c1ncn[nH]1)c1ncn[nH]1. The van der Waals surface area contributed by atoms with Crippen LogP contribution in [0.2, 0.25) is 0 Å². The Bertz CT molecular complexity index is 535. The molecule has 0 fully saturated rings. The number of hydrogen-bond acceptors (Lipinski definition) is 9. The summed E-state index contributed by atoms with van der Waals surface area (Å²) in [4.78, 5) is 8.25. The molecule has 9 nitrogen and oxygen atoms in total. The minimum Gasteiger partial charge on any atom is -0.262 e. The van der Waals surface area contributed by atoms with E-state index >= 15 is 0 Å². The maximum atomic E-state index is 11.8. The third kappa shape index (κ3) is 6.14. The van der Waals surface area contributed by atoms with Gasteiger partial charge in [0.25, 0.3) is 0 Å². The molecule has 0 radical (unpaired) electrons.